The molecule has 0 unspecified atom stereocenters. The van der Waals surface area contributed by atoms with E-state index in [2.05, 4.69) is 58.5 Å². The third-order valence-corrected chi connectivity index (χ3v) is 15.4. The number of thiophene rings is 2. The van der Waals surface area contributed by atoms with Crippen molar-refractivity contribution in [2.45, 2.75) is 112 Å². The number of ether oxygens (including phenoxy) is 2. The molecule has 11 nitrogen and oxygen atoms in total. The van der Waals surface area contributed by atoms with E-state index in [1.54, 1.807) is 54.1 Å². The van der Waals surface area contributed by atoms with E-state index in [1.807, 2.05) is 50.1 Å². The summed E-state index contributed by atoms with van der Waals surface area (Å²) in [5, 5.41) is 6.58. The highest BCUT2D eigenvalue weighted by atomic mass is 32.1. The summed E-state index contributed by atoms with van der Waals surface area (Å²) in [5.74, 6) is -0.362. The van der Waals surface area contributed by atoms with Crippen LogP contribution in [0, 0.1) is 50.0 Å². The van der Waals surface area contributed by atoms with E-state index in [9.17, 15) is 31.9 Å². The van der Waals surface area contributed by atoms with Crippen LogP contribution in [0.2, 0.25) is 0 Å². The number of amides is 1. The van der Waals surface area contributed by atoms with Gasteiger partial charge in [-0.2, -0.15) is 0 Å². The smallest absolute Gasteiger partial charge is 0.224 e. The number of carbonyl (C=O) groups excluding carboxylic acids is 3. The summed E-state index contributed by atoms with van der Waals surface area (Å²) in [5.41, 5.74) is 6.47. The number of pyridine rings is 3. The number of Topliss-reactive ketones (excluding diaryl/α,β-unsaturated/α-hetero) is 2. The van der Waals surface area contributed by atoms with Crippen LogP contribution in [0.15, 0.2) is 121 Å². The van der Waals surface area contributed by atoms with Gasteiger partial charge in [0, 0.05) is 104 Å². The maximum absolute atomic E-state index is 14.6. The summed E-state index contributed by atoms with van der Waals surface area (Å²) >= 11 is 3.08. The third kappa shape index (κ3) is 19.8. The Hall–Kier alpha value is -7.18. The van der Waals surface area contributed by atoms with Crippen molar-refractivity contribution >= 4 is 60.6 Å². The largest absolute Gasteiger partial charge is 0.453 e. The zero-order chi connectivity index (χ0) is 58.5. The molecule has 17 heteroatoms. The molecule has 1 aliphatic heterocycles. The van der Waals surface area contributed by atoms with E-state index in [-0.39, 0.29) is 53.8 Å². The zero-order valence-electron chi connectivity index (χ0n) is 47.5. The molecule has 432 valence electrons. The predicted octanol–water partition coefficient (Wildman–Crippen LogP) is 15.1. The van der Waals surface area contributed by atoms with Gasteiger partial charge in [-0.1, -0.05) is 43.7 Å². The third-order valence-electron chi connectivity index (χ3n) is 13.3. The fourth-order valence-electron chi connectivity index (χ4n) is 8.73. The number of rotatable bonds is 21. The average molecular weight is 1160 g/mol. The standard InChI is InChI=1S/C23H16F3NO2S.C20H18FNO2S.C12H22N2O.C10H16N2/c1-13-8-20-23(30-13)22(6-7-27-20)29-21-5-2-14(10-19(21)26)9-17(28)12-15-11-16(24)3-4-18(15)25;1-12-8-17-20(25-12)19(6-7-22-17)24-18-5-4-14(11-16(18)21)10-15(23)9-13-2-3-13;1-3-7-13-8-4-12(15)14-9-5-11(2)6-10-14;1-3-6-11-7-10-5-4-9(2)12-8-10/h2-8,10-11H,9,12H2,1H3;4-8,11,13H,2-3,9-10H2,1H3;5,13H,3-4,6-10H2,1-2H3;4-5,8,11H,3,6-7H2,1-2H3. The average Bonchev–Trinajstić information content (AvgIpc) is 4.09. The first-order valence-corrected chi connectivity index (χ1v) is 29.5. The number of hydrogen-bond donors (Lipinski definition) is 2. The van der Waals surface area contributed by atoms with E-state index in [0.29, 0.717) is 41.4 Å². The Bertz CT molecular complexity index is 3450. The number of fused-ring (bicyclic) bond motifs is 2. The fourth-order valence-corrected chi connectivity index (χ4v) is 10.6. The summed E-state index contributed by atoms with van der Waals surface area (Å²) in [7, 11) is 0. The predicted molar refractivity (Wildman–Crippen MR) is 320 cm³/mol. The Morgan fingerprint density at radius 2 is 1.21 bits per heavy atom. The molecule has 5 aromatic heterocycles. The van der Waals surface area contributed by atoms with Crippen LogP contribution < -0.4 is 20.1 Å². The minimum absolute atomic E-state index is 0.0200. The Morgan fingerprint density at radius 3 is 1.74 bits per heavy atom. The van der Waals surface area contributed by atoms with Crippen LogP contribution >= 0.6 is 22.7 Å². The number of hydrogen-bond acceptors (Lipinski definition) is 12. The number of nitrogens with one attached hydrogen (secondary N) is 2. The zero-order valence-corrected chi connectivity index (χ0v) is 49.2. The van der Waals surface area contributed by atoms with Gasteiger partial charge in [0.1, 0.15) is 34.7 Å². The monoisotopic (exact) mass is 1160 g/mol. The van der Waals surface area contributed by atoms with E-state index in [0.717, 1.165) is 119 Å². The molecule has 1 aliphatic carbocycles. The Labute approximate surface area is 486 Å². The summed E-state index contributed by atoms with van der Waals surface area (Å²) in [6.07, 6.45) is 14.1. The first-order valence-electron chi connectivity index (χ1n) is 27.9. The Morgan fingerprint density at radius 1 is 0.622 bits per heavy atom. The van der Waals surface area contributed by atoms with Crippen molar-refractivity contribution in [1.29, 1.82) is 0 Å². The van der Waals surface area contributed by atoms with Gasteiger partial charge in [0.15, 0.2) is 23.1 Å². The molecule has 10 rings (SSSR count). The van der Waals surface area contributed by atoms with Gasteiger partial charge in [0.25, 0.3) is 0 Å². The minimum atomic E-state index is -0.646. The Balaban J connectivity index is 0.000000167. The maximum Gasteiger partial charge on any atom is 0.224 e. The van der Waals surface area contributed by atoms with Crippen molar-refractivity contribution < 1.29 is 41.4 Å². The molecule has 0 bridgehead atoms. The highest BCUT2D eigenvalue weighted by molar-refractivity contribution is 7.19. The SMILES string of the molecule is CCCNCCC(=O)N1CC=C(C)CC1.CCCNCc1ccc(C)nc1.Cc1cc2nccc(Oc3ccc(CC(=O)CC4CC4)cc3F)c2s1.Cc1cc2nccc(Oc3ccc(CC(=O)Cc4cc(F)ccc4F)cc3F)c2s1. The van der Waals surface area contributed by atoms with Crippen LogP contribution in [-0.2, 0) is 40.2 Å². The summed E-state index contributed by atoms with van der Waals surface area (Å²) in [6, 6.07) is 23.5. The lowest BCUT2D eigenvalue weighted by Gasteiger charge is -2.25. The van der Waals surface area contributed by atoms with Gasteiger partial charge in [-0.05, 0) is 162 Å². The first-order chi connectivity index (χ1) is 39.5. The minimum Gasteiger partial charge on any atom is -0.453 e. The van der Waals surface area contributed by atoms with Gasteiger partial charge in [-0.15, -0.1) is 22.7 Å². The highest BCUT2D eigenvalue weighted by Gasteiger charge is 2.24. The van der Waals surface area contributed by atoms with Crippen LogP contribution in [0.1, 0.15) is 103 Å². The van der Waals surface area contributed by atoms with Crippen LogP contribution in [0.25, 0.3) is 20.4 Å². The van der Waals surface area contributed by atoms with E-state index in [1.165, 1.54) is 47.1 Å². The lowest BCUT2D eigenvalue weighted by molar-refractivity contribution is -0.130. The second-order valence-corrected chi connectivity index (χ2v) is 23.1. The molecule has 2 N–H and O–H groups in total. The number of halogens is 4. The van der Waals surface area contributed by atoms with Crippen molar-refractivity contribution in [3.8, 4) is 23.0 Å². The molecule has 8 aromatic rings. The van der Waals surface area contributed by atoms with Crippen molar-refractivity contribution in [3.63, 3.8) is 0 Å². The van der Waals surface area contributed by atoms with Gasteiger partial charge >= 0.3 is 0 Å². The molecular formula is C65H72F4N6O5S2. The topological polar surface area (TPSA) is 136 Å². The molecule has 0 spiro atoms. The molecule has 2 aliphatic rings. The second-order valence-electron chi connectivity index (χ2n) is 20.6. The van der Waals surface area contributed by atoms with Crippen LogP contribution in [-0.4, -0.2) is 70.0 Å². The molecule has 1 amide bonds. The summed E-state index contributed by atoms with van der Waals surface area (Å²) < 4.78 is 69.2. The second kappa shape index (κ2) is 31.3. The van der Waals surface area contributed by atoms with Crippen molar-refractivity contribution in [2.24, 2.45) is 5.92 Å². The van der Waals surface area contributed by atoms with Gasteiger partial charge < -0.3 is 25.0 Å². The summed E-state index contributed by atoms with van der Waals surface area (Å²) in [4.78, 5) is 52.8. The Kier molecular flexibility index (Phi) is 23.8. The van der Waals surface area contributed by atoms with Gasteiger partial charge in [-0.3, -0.25) is 29.3 Å². The van der Waals surface area contributed by atoms with Gasteiger partial charge in [0.2, 0.25) is 5.91 Å². The van der Waals surface area contributed by atoms with Crippen molar-refractivity contribution in [3.05, 3.63) is 182 Å². The van der Waals surface area contributed by atoms with Gasteiger partial charge in [0.05, 0.1) is 20.4 Å². The number of benzene rings is 3. The lowest BCUT2D eigenvalue weighted by atomic mass is 10.0. The van der Waals surface area contributed by atoms with Crippen LogP contribution in [0.4, 0.5) is 17.6 Å². The number of carbonyl (C=O) groups is 3. The lowest BCUT2D eigenvalue weighted by Crippen LogP contribution is -2.36. The van der Waals surface area contributed by atoms with Crippen LogP contribution in [0.5, 0.6) is 23.0 Å². The van der Waals surface area contributed by atoms with Crippen molar-refractivity contribution in [1.82, 2.24) is 30.5 Å². The van der Waals surface area contributed by atoms with E-state index >= 15 is 0 Å². The number of aryl methyl sites for hydroxylation is 3. The summed E-state index contributed by atoms with van der Waals surface area (Å²) in [6.45, 7) is 17.9. The molecule has 82 heavy (non-hydrogen) atoms. The molecule has 0 atom stereocenters. The first kappa shape index (κ1) is 62.4. The molecule has 0 radical (unpaired) electrons. The number of nitrogens with zero attached hydrogens (tertiary/aromatic N) is 4. The highest BCUT2D eigenvalue weighted by Crippen LogP contribution is 2.38. The molecule has 6 heterocycles. The maximum atomic E-state index is 14.6. The fraction of sp³-hybridized carbons (Fsp3) is 0.354. The van der Waals surface area contributed by atoms with Crippen LogP contribution in [0.3, 0.4) is 0 Å². The molecule has 3 aromatic carbocycles. The van der Waals surface area contributed by atoms with Crippen molar-refractivity contribution in [2.75, 3.05) is 32.7 Å². The number of ketones is 2. The quantitative estimate of drug-likeness (QED) is 0.0407. The number of aromatic nitrogens is 3. The molecule has 1 fully saturated rings. The molecule has 1 saturated carbocycles. The molecule has 0 saturated heterocycles. The normalized spacial score (nSPS) is 12.8. The van der Waals surface area contributed by atoms with Gasteiger partial charge in [-0.25, -0.2) is 17.6 Å². The van der Waals surface area contributed by atoms with E-state index in [4.69, 9.17) is 9.47 Å². The molecular weight excluding hydrogens is 1080 g/mol. The van der Waals surface area contributed by atoms with E-state index < -0.39 is 23.3 Å².